The van der Waals surface area contributed by atoms with Gasteiger partial charge in [-0.05, 0) is 23.8 Å². The Hall–Kier alpha value is -2.03. The van der Waals surface area contributed by atoms with E-state index >= 15 is 0 Å². The van der Waals surface area contributed by atoms with Crippen LogP contribution in [0.1, 0.15) is 11.1 Å². The van der Waals surface area contributed by atoms with E-state index in [-0.39, 0.29) is 5.91 Å². The molecule has 2 aliphatic rings. The maximum absolute atomic E-state index is 11.7. The average Bonchev–Trinajstić information content (AvgIpc) is 3.02. The Morgan fingerprint density at radius 3 is 2.83 bits per heavy atom. The molecule has 0 atom stereocenters. The van der Waals surface area contributed by atoms with E-state index in [1.807, 2.05) is 0 Å². The number of hydrogen-bond acceptors (Lipinski definition) is 2. The van der Waals surface area contributed by atoms with Gasteiger partial charge in [0.1, 0.15) is 38.5 Å². The molecule has 1 amide bonds. The number of nitrogens with one attached hydrogen (secondary N) is 3. The SMILES string of the molecule is C#CCNC(=O)C[NH+]1CC[NH+](Cc2ccc3c(c2)CCO3)CC1. The monoisotopic (exact) mass is 315 g/mol. The zero-order valence-corrected chi connectivity index (χ0v) is 13.5. The van der Waals surface area contributed by atoms with Gasteiger partial charge >= 0.3 is 0 Å². The predicted octanol–water partition coefficient (Wildman–Crippen LogP) is -2.35. The number of carbonyl (C=O) groups is 1. The molecule has 1 aromatic rings. The molecule has 2 heterocycles. The van der Waals surface area contributed by atoms with Crippen molar-refractivity contribution in [2.45, 2.75) is 13.0 Å². The van der Waals surface area contributed by atoms with E-state index in [9.17, 15) is 4.79 Å². The largest absolute Gasteiger partial charge is 0.493 e. The van der Waals surface area contributed by atoms with E-state index in [2.05, 4.69) is 29.4 Å². The summed E-state index contributed by atoms with van der Waals surface area (Å²) in [6.45, 7) is 7.01. The van der Waals surface area contributed by atoms with Gasteiger partial charge in [-0.2, -0.15) is 0 Å². The van der Waals surface area contributed by atoms with Crippen molar-refractivity contribution < 1.29 is 19.3 Å². The Kier molecular flexibility index (Phi) is 5.16. The summed E-state index contributed by atoms with van der Waals surface area (Å²) in [6, 6.07) is 6.58. The molecular weight excluding hydrogens is 290 g/mol. The molecule has 0 aromatic heterocycles. The van der Waals surface area contributed by atoms with Gasteiger partial charge in [-0.15, -0.1) is 6.42 Å². The van der Waals surface area contributed by atoms with Crippen molar-refractivity contribution in [2.24, 2.45) is 0 Å². The zero-order valence-electron chi connectivity index (χ0n) is 13.5. The number of benzene rings is 1. The predicted molar refractivity (Wildman–Crippen MR) is 87.4 cm³/mol. The van der Waals surface area contributed by atoms with Crippen LogP contribution in [0.5, 0.6) is 5.75 Å². The normalized spacial score (nSPS) is 22.7. The highest BCUT2D eigenvalue weighted by Crippen LogP contribution is 2.25. The summed E-state index contributed by atoms with van der Waals surface area (Å²) in [7, 11) is 0. The van der Waals surface area contributed by atoms with Crippen LogP contribution in [0.3, 0.4) is 0 Å². The summed E-state index contributed by atoms with van der Waals surface area (Å²) in [6.07, 6.45) is 6.18. The number of quaternary nitrogens is 2. The Balaban J connectivity index is 1.44. The Morgan fingerprint density at radius 1 is 1.26 bits per heavy atom. The lowest BCUT2D eigenvalue weighted by atomic mass is 10.1. The number of piperazine rings is 1. The molecule has 0 aliphatic carbocycles. The van der Waals surface area contributed by atoms with E-state index in [1.54, 1.807) is 4.90 Å². The third-order valence-electron chi connectivity index (χ3n) is 4.67. The summed E-state index contributed by atoms with van der Waals surface area (Å²) >= 11 is 0. The summed E-state index contributed by atoms with van der Waals surface area (Å²) in [4.78, 5) is 14.7. The molecule has 0 radical (unpaired) electrons. The number of amides is 1. The van der Waals surface area contributed by atoms with Crippen molar-refractivity contribution in [1.82, 2.24) is 5.32 Å². The fourth-order valence-electron chi connectivity index (χ4n) is 3.39. The smallest absolute Gasteiger partial charge is 0.275 e. The molecule has 0 spiro atoms. The second-order valence-corrected chi connectivity index (χ2v) is 6.37. The fraction of sp³-hybridized carbons (Fsp3) is 0.500. The highest BCUT2D eigenvalue weighted by molar-refractivity contribution is 5.77. The number of rotatable bonds is 5. The molecular formula is C18H25N3O2+2. The van der Waals surface area contributed by atoms with Crippen LogP contribution in [-0.2, 0) is 17.8 Å². The van der Waals surface area contributed by atoms with Crippen LogP contribution < -0.4 is 19.9 Å². The molecule has 2 aliphatic heterocycles. The lowest BCUT2D eigenvalue weighted by molar-refractivity contribution is -1.02. The van der Waals surface area contributed by atoms with Gasteiger partial charge in [-0.25, -0.2) is 0 Å². The molecule has 3 rings (SSSR count). The van der Waals surface area contributed by atoms with Crippen molar-refractivity contribution >= 4 is 5.91 Å². The van der Waals surface area contributed by atoms with E-state index in [0.717, 1.165) is 51.5 Å². The molecule has 5 nitrogen and oxygen atoms in total. The second kappa shape index (κ2) is 7.49. The van der Waals surface area contributed by atoms with Gasteiger partial charge in [0.2, 0.25) is 0 Å². The van der Waals surface area contributed by atoms with Crippen molar-refractivity contribution in [3.05, 3.63) is 29.3 Å². The van der Waals surface area contributed by atoms with Gasteiger partial charge < -0.3 is 19.9 Å². The minimum Gasteiger partial charge on any atom is -0.493 e. The van der Waals surface area contributed by atoms with Crippen molar-refractivity contribution in [2.75, 3.05) is 45.9 Å². The highest BCUT2D eigenvalue weighted by Gasteiger charge is 2.25. The minimum absolute atomic E-state index is 0.0556. The van der Waals surface area contributed by atoms with Crippen LogP contribution in [0, 0.1) is 12.3 Å². The molecule has 23 heavy (non-hydrogen) atoms. The molecule has 0 unspecified atom stereocenters. The fourth-order valence-corrected chi connectivity index (χ4v) is 3.39. The third-order valence-corrected chi connectivity index (χ3v) is 4.67. The summed E-state index contributed by atoms with van der Waals surface area (Å²) in [5, 5.41) is 2.74. The third kappa shape index (κ3) is 4.25. The van der Waals surface area contributed by atoms with E-state index < -0.39 is 0 Å². The van der Waals surface area contributed by atoms with E-state index in [1.165, 1.54) is 16.0 Å². The average molecular weight is 315 g/mol. The van der Waals surface area contributed by atoms with Crippen LogP contribution in [-0.4, -0.2) is 51.8 Å². The molecule has 1 saturated heterocycles. The minimum atomic E-state index is 0.0556. The first kappa shape index (κ1) is 15.9. The first-order valence-corrected chi connectivity index (χ1v) is 8.36. The Labute approximate surface area is 137 Å². The number of terminal acetylenes is 1. The van der Waals surface area contributed by atoms with Crippen molar-refractivity contribution in [3.8, 4) is 18.1 Å². The van der Waals surface area contributed by atoms with Crippen LogP contribution >= 0.6 is 0 Å². The molecule has 5 heteroatoms. The van der Waals surface area contributed by atoms with Gasteiger partial charge in [-0.1, -0.05) is 5.92 Å². The van der Waals surface area contributed by atoms with Gasteiger partial charge in [0, 0.05) is 12.0 Å². The Bertz CT molecular complexity index is 601. The maximum Gasteiger partial charge on any atom is 0.275 e. The molecule has 3 N–H and O–H groups in total. The van der Waals surface area contributed by atoms with Crippen LogP contribution in [0.25, 0.3) is 0 Å². The lowest BCUT2D eigenvalue weighted by Crippen LogP contribution is -3.28. The van der Waals surface area contributed by atoms with Crippen LogP contribution in [0.4, 0.5) is 0 Å². The summed E-state index contributed by atoms with van der Waals surface area (Å²) < 4.78 is 5.56. The topological polar surface area (TPSA) is 47.2 Å². The highest BCUT2D eigenvalue weighted by atomic mass is 16.5. The van der Waals surface area contributed by atoms with Gasteiger partial charge in [0.25, 0.3) is 5.91 Å². The van der Waals surface area contributed by atoms with Crippen LogP contribution in [0.15, 0.2) is 18.2 Å². The second-order valence-electron chi connectivity index (χ2n) is 6.37. The van der Waals surface area contributed by atoms with Crippen molar-refractivity contribution in [3.63, 3.8) is 0 Å². The van der Waals surface area contributed by atoms with E-state index in [4.69, 9.17) is 11.2 Å². The standard InChI is InChI=1S/C18H23N3O2/c1-2-6-19-18(22)14-21-9-7-20(8-10-21)13-15-3-4-17-16(12-15)5-11-23-17/h1,3-4,12H,5-11,13-14H2,(H,19,22)/p+2. The Morgan fingerprint density at radius 2 is 2.04 bits per heavy atom. The van der Waals surface area contributed by atoms with Gasteiger partial charge in [0.15, 0.2) is 6.54 Å². The van der Waals surface area contributed by atoms with Crippen LogP contribution in [0.2, 0.25) is 0 Å². The number of ether oxygens (including phenoxy) is 1. The zero-order chi connectivity index (χ0) is 16.1. The van der Waals surface area contributed by atoms with Crippen molar-refractivity contribution in [1.29, 1.82) is 0 Å². The lowest BCUT2D eigenvalue weighted by Gasteiger charge is -2.29. The van der Waals surface area contributed by atoms with Gasteiger partial charge in [-0.3, -0.25) is 4.79 Å². The first-order chi connectivity index (χ1) is 11.2. The molecule has 0 bridgehead atoms. The summed E-state index contributed by atoms with van der Waals surface area (Å²) in [5.41, 5.74) is 2.73. The summed E-state index contributed by atoms with van der Waals surface area (Å²) in [5.74, 6) is 3.54. The number of carbonyl (C=O) groups excluding carboxylic acids is 1. The molecule has 1 fully saturated rings. The van der Waals surface area contributed by atoms with Gasteiger partial charge in [0.05, 0.1) is 13.2 Å². The number of hydrogen-bond donors (Lipinski definition) is 3. The maximum atomic E-state index is 11.7. The molecule has 122 valence electrons. The number of fused-ring (bicyclic) bond motifs is 1. The van der Waals surface area contributed by atoms with E-state index in [0.29, 0.717) is 13.1 Å². The molecule has 1 aromatic carbocycles. The first-order valence-electron chi connectivity index (χ1n) is 8.36. The molecule has 0 saturated carbocycles. The quantitative estimate of drug-likeness (QED) is 0.533.